The molecule has 1 amide bonds. The summed E-state index contributed by atoms with van der Waals surface area (Å²) in [5.74, 6) is 0.625. The summed E-state index contributed by atoms with van der Waals surface area (Å²) in [6.07, 6.45) is 1.10. The number of para-hydroxylation sites is 1. The average Bonchev–Trinajstić information content (AvgIpc) is 3.17. The van der Waals surface area contributed by atoms with Gasteiger partial charge in [0, 0.05) is 18.2 Å². The Hall–Kier alpha value is -2.42. The first kappa shape index (κ1) is 23.7. The number of ether oxygens (including phenoxy) is 2. The van der Waals surface area contributed by atoms with Gasteiger partial charge in [-0.1, -0.05) is 42.5 Å². The molecular formula is C25H32N2O5S. The van der Waals surface area contributed by atoms with E-state index in [2.05, 4.69) is 10.8 Å². The van der Waals surface area contributed by atoms with Crippen LogP contribution >= 0.6 is 0 Å². The minimum absolute atomic E-state index is 0.00500. The van der Waals surface area contributed by atoms with Crippen molar-refractivity contribution >= 4 is 15.9 Å². The number of carbonyl (C=O) groups excluding carboxylic acids is 1. The van der Waals surface area contributed by atoms with Gasteiger partial charge in [-0.05, 0) is 50.8 Å². The number of nitrogens with zero attached hydrogens (tertiary/aromatic N) is 1. The van der Waals surface area contributed by atoms with Gasteiger partial charge in [0.05, 0.1) is 18.4 Å². The lowest BCUT2D eigenvalue weighted by molar-refractivity contribution is -0.156. The van der Waals surface area contributed by atoms with Gasteiger partial charge in [0.25, 0.3) is 5.91 Å². The van der Waals surface area contributed by atoms with Gasteiger partial charge in [0.2, 0.25) is 10.0 Å². The molecule has 178 valence electrons. The minimum Gasteiger partial charge on any atom is -0.491 e. The quantitative estimate of drug-likeness (QED) is 0.742. The molecule has 2 heterocycles. The minimum atomic E-state index is -3.41. The molecule has 1 saturated heterocycles. The van der Waals surface area contributed by atoms with Crippen molar-refractivity contribution in [2.24, 2.45) is 0 Å². The maximum atomic E-state index is 13.5. The molecule has 1 fully saturated rings. The zero-order chi connectivity index (χ0) is 23.6. The topological polar surface area (TPSA) is 84.9 Å². The van der Waals surface area contributed by atoms with Crippen molar-refractivity contribution in [1.82, 2.24) is 9.62 Å². The Bertz CT molecular complexity index is 1120. The summed E-state index contributed by atoms with van der Waals surface area (Å²) in [6.45, 7) is 6.19. The first-order valence-corrected chi connectivity index (χ1v) is 13.1. The zero-order valence-electron chi connectivity index (χ0n) is 19.4. The lowest BCUT2D eigenvalue weighted by Gasteiger charge is -2.35. The maximum Gasteiger partial charge on any atom is 0.254 e. The van der Waals surface area contributed by atoms with Crippen LogP contribution in [0.1, 0.15) is 32.8 Å². The summed E-state index contributed by atoms with van der Waals surface area (Å²) in [5.41, 5.74) is 1.98. The van der Waals surface area contributed by atoms with Crippen molar-refractivity contribution in [2.45, 2.75) is 51.3 Å². The molecule has 0 aliphatic carbocycles. The number of hydrogen-bond donors (Lipinski definition) is 1. The summed E-state index contributed by atoms with van der Waals surface area (Å²) >= 11 is 0. The van der Waals surface area contributed by atoms with Crippen molar-refractivity contribution in [3.63, 3.8) is 0 Å². The Morgan fingerprint density at radius 2 is 1.91 bits per heavy atom. The van der Waals surface area contributed by atoms with Gasteiger partial charge in [-0.15, -0.1) is 0 Å². The molecular weight excluding hydrogens is 440 g/mol. The predicted octanol–water partition coefficient (Wildman–Crippen LogP) is 2.99. The fourth-order valence-corrected chi connectivity index (χ4v) is 5.51. The first-order chi connectivity index (χ1) is 15.7. The van der Waals surface area contributed by atoms with Gasteiger partial charge in [-0.3, -0.25) is 4.79 Å². The Balaban J connectivity index is 1.75. The number of carbonyl (C=O) groups is 1. The van der Waals surface area contributed by atoms with Crippen LogP contribution in [0.15, 0.2) is 48.5 Å². The molecule has 2 aromatic rings. The van der Waals surface area contributed by atoms with E-state index in [0.29, 0.717) is 26.0 Å². The maximum absolute atomic E-state index is 13.5. The second kappa shape index (κ2) is 9.44. The van der Waals surface area contributed by atoms with Crippen molar-refractivity contribution in [3.8, 4) is 16.9 Å². The van der Waals surface area contributed by atoms with Crippen molar-refractivity contribution < 1.29 is 22.7 Å². The molecule has 2 unspecified atom stereocenters. The molecule has 2 aromatic carbocycles. The summed E-state index contributed by atoms with van der Waals surface area (Å²) in [4.78, 5) is 15.3. The number of benzene rings is 2. The molecule has 4 rings (SSSR count). The van der Waals surface area contributed by atoms with E-state index in [0.717, 1.165) is 22.4 Å². The highest BCUT2D eigenvalue weighted by Crippen LogP contribution is 2.32. The summed E-state index contributed by atoms with van der Waals surface area (Å²) < 4.78 is 39.5. The van der Waals surface area contributed by atoms with Crippen molar-refractivity contribution in [1.29, 1.82) is 0 Å². The molecule has 0 aromatic heterocycles. The van der Waals surface area contributed by atoms with Crippen LogP contribution in [0.4, 0.5) is 0 Å². The molecule has 2 aliphatic rings. The third-order valence-electron chi connectivity index (χ3n) is 6.41. The van der Waals surface area contributed by atoms with Crippen LogP contribution in [-0.4, -0.2) is 62.4 Å². The van der Waals surface area contributed by atoms with E-state index in [1.807, 2.05) is 42.5 Å². The zero-order valence-corrected chi connectivity index (χ0v) is 20.2. The molecule has 2 atom stereocenters. The highest BCUT2D eigenvalue weighted by Gasteiger charge is 2.43. The van der Waals surface area contributed by atoms with Crippen LogP contribution in [0.3, 0.4) is 0 Å². The van der Waals surface area contributed by atoms with Crippen LogP contribution in [-0.2, 0) is 26.0 Å². The van der Waals surface area contributed by atoms with Crippen LogP contribution in [0.25, 0.3) is 11.1 Å². The summed E-state index contributed by atoms with van der Waals surface area (Å²) in [6, 6.07) is 15.4. The normalized spacial score (nSPS) is 23.2. The molecule has 0 radical (unpaired) electrons. The van der Waals surface area contributed by atoms with Gasteiger partial charge in [0.15, 0.2) is 0 Å². The largest absolute Gasteiger partial charge is 0.491 e. The van der Waals surface area contributed by atoms with Crippen LogP contribution in [0, 0.1) is 0 Å². The fraction of sp³-hybridized carbons (Fsp3) is 0.480. The Labute approximate surface area is 196 Å². The Morgan fingerprint density at radius 3 is 2.70 bits per heavy atom. The number of sulfonamides is 1. The molecule has 1 N–H and O–H groups in total. The first-order valence-electron chi connectivity index (χ1n) is 11.5. The lowest BCUT2D eigenvalue weighted by atomic mass is 9.96. The van der Waals surface area contributed by atoms with Gasteiger partial charge in [-0.25, -0.2) is 13.1 Å². The standard InChI is InChI=1S/C25H32N2O5S/c1-4-33(29,30)26-21-12-13-27-22(21)17-18-8-7-9-19(16-18)20-10-5-6-11-23(20)31-14-15-32-25(2,3)24(27)28/h5-11,16,21-22,26H,4,12-15,17H2,1-3H3. The van der Waals surface area contributed by atoms with E-state index in [9.17, 15) is 13.2 Å². The van der Waals surface area contributed by atoms with Gasteiger partial charge in [-0.2, -0.15) is 0 Å². The lowest BCUT2D eigenvalue weighted by Crippen LogP contribution is -2.53. The van der Waals surface area contributed by atoms with Crippen LogP contribution in [0.5, 0.6) is 5.75 Å². The molecule has 7 nitrogen and oxygen atoms in total. The Kier molecular flexibility index (Phi) is 6.79. The average molecular weight is 473 g/mol. The van der Waals surface area contributed by atoms with Gasteiger partial charge >= 0.3 is 0 Å². The monoisotopic (exact) mass is 472 g/mol. The predicted molar refractivity (Wildman–Crippen MR) is 128 cm³/mol. The van der Waals surface area contributed by atoms with Crippen LogP contribution in [0.2, 0.25) is 0 Å². The molecule has 2 bridgehead atoms. The van der Waals surface area contributed by atoms with E-state index >= 15 is 0 Å². The smallest absolute Gasteiger partial charge is 0.254 e. The van der Waals surface area contributed by atoms with Crippen molar-refractivity contribution in [3.05, 3.63) is 54.1 Å². The molecule has 0 spiro atoms. The highest BCUT2D eigenvalue weighted by molar-refractivity contribution is 7.89. The van der Waals surface area contributed by atoms with Gasteiger partial charge < -0.3 is 14.4 Å². The highest BCUT2D eigenvalue weighted by atomic mass is 32.2. The van der Waals surface area contributed by atoms with Crippen LogP contribution < -0.4 is 9.46 Å². The SMILES string of the molecule is CCS(=O)(=O)NC1CCN2C(=O)C(C)(C)OCCOc3ccccc3-c3cccc(c3)CC12. The second-order valence-corrected chi connectivity index (χ2v) is 11.1. The van der Waals surface area contributed by atoms with E-state index < -0.39 is 15.6 Å². The number of nitrogens with one attached hydrogen (secondary N) is 1. The third kappa shape index (κ3) is 5.23. The molecule has 0 saturated carbocycles. The van der Waals surface area contributed by atoms with Gasteiger partial charge in [0.1, 0.15) is 18.0 Å². The van der Waals surface area contributed by atoms with E-state index in [1.54, 1.807) is 25.7 Å². The number of amides is 1. The molecule has 2 aliphatic heterocycles. The second-order valence-electron chi connectivity index (χ2n) is 9.09. The Morgan fingerprint density at radius 1 is 1.12 bits per heavy atom. The van der Waals surface area contributed by atoms with E-state index in [1.165, 1.54) is 0 Å². The number of hydrogen-bond acceptors (Lipinski definition) is 5. The third-order valence-corrected chi connectivity index (χ3v) is 7.83. The molecule has 8 heteroatoms. The number of rotatable bonds is 3. The van der Waals surface area contributed by atoms with E-state index in [4.69, 9.17) is 9.47 Å². The number of fused-ring (bicyclic) bond motifs is 5. The van der Waals surface area contributed by atoms with E-state index in [-0.39, 0.29) is 30.4 Å². The summed E-state index contributed by atoms with van der Waals surface area (Å²) in [7, 11) is -3.41. The fourth-order valence-electron chi connectivity index (χ4n) is 4.60. The van der Waals surface area contributed by atoms with Crippen molar-refractivity contribution in [2.75, 3.05) is 25.5 Å². The molecule has 33 heavy (non-hydrogen) atoms. The summed E-state index contributed by atoms with van der Waals surface area (Å²) in [5, 5.41) is 0.